The fourth-order valence-electron chi connectivity index (χ4n) is 3.27. The number of hydrogen-bond acceptors (Lipinski definition) is 7. The Kier molecular flexibility index (Phi) is 7.44. The van der Waals surface area contributed by atoms with Gasteiger partial charge < -0.3 is 0 Å². The number of carbonyl (C=O) groups is 1. The number of carbonyl (C=O) groups excluding carboxylic acids is 1. The Hall–Kier alpha value is -4.57. The fourth-order valence-corrected chi connectivity index (χ4v) is 4.08. The van der Waals surface area contributed by atoms with Crippen LogP contribution < -0.4 is 11.0 Å². The van der Waals surface area contributed by atoms with E-state index in [2.05, 4.69) is 15.5 Å². The number of fused-ring (bicyclic) bond motifs is 1. The minimum atomic E-state index is -0.467. The van der Waals surface area contributed by atoms with Gasteiger partial charge >= 0.3 is 0 Å². The summed E-state index contributed by atoms with van der Waals surface area (Å²) in [7, 11) is 0. The van der Waals surface area contributed by atoms with Crippen LogP contribution in [0.2, 0.25) is 0 Å². The summed E-state index contributed by atoms with van der Waals surface area (Å²) in [6, 6.07) is 22.5. The molecule has 0 unspecified atom stereocenters. The molecule has 0 saturated carbocycles. The lowest BCUT2D eigenvalue weighted by molar-refractivity contribution is -0.385. The predicted molar refractivity (Wildman–Crippen MR) is 137 cm³/mol. The number of hydrazone groups is 1. The summed E-state index contributed by atoms with van der Waals surface area (Å²) >= 11 is 1.12. The molecule has 10 heteroatoms. The van der Waals surface area contributed by atoms with Crippen LogP contribution in [0.15, 0.2) is 100.0 Å². The van der Waals surface area contributed by atoms with E-state index in [1.807, 2.05) is 18.2 Å². The van der Waals surface area contributed by atoms with Gasteiger partial charge in [0, 0.05) is 12.3 Å². The summed E-state index contributed by atoms with van der Waals surface area (Å²) in [6.45, 7) is 0. The molecule has 4 aromatic rings. The quantitative estimate of drug-likeness (QED) is 0.131. The van der Waals surface area contributed by atoms with Crippen LogP contribution >= 0.6 is 11.8 Å². The third-order valence-electron chi connectivity index (χ3n) is 4.85. The highest BCUT2D eigenvalue weighted by Gasteiger charge is 2.14. The molecule has 1 heterocycles. The molecule has 0 radical (unpaired) electrons. The fraction of sp³-hybridized carbons (Fsp3) is 0.0400. The van der Waals surface area contributed by atoms with Gasteiger partial charge in [0.05, 0.1) is 32.8 Å². The van der Waals surface area contributed by atoms with Gasteiger partial charge in [-0.15, -0.1) is 0 Å². The molecule has 3 aromatic carbocycles. The van der Waals surface area contributed by atoms with E-state index in [0.717, 1.165) is 11.8 Å². The van der Waals surface area contributed by atoms with E-state index in [-0.39, 0.29) is 17.0 Å². The van der Waals surface area contributed by atoms with E-state index in [1.165, 1.54) is 29.0 Å². The Morgan fingerprint density at radius 1 is 1.06 bits per heavy atom. The number of nitrogens with one attached hydrogen (secondary N) is 1. The molecule has 0 aliphatic carbocycles. The Morgan fingerprint density at radius 3 is 2.57 bits per heavy atom. The van der Waals surface area contributed by atoms with Crippen LogP contribution in [0.1, 0.15) is 5.56 Å². The maximum absolute atomic E-state index is 13.2. The number of nitro benzene ring substituents is 1. The third kappa shape index (κ3) is 5.68. The standard InChI is InChI=1S/C25H19N5O4S/c31-23(28-26-16-8-10-18-9-4-7-15-22(18)30(33)34)17-35-25-27-21-14-6-5-13-20(21)24(32)29(25)19-11-2-1-3-12-19/h1-16H,17H2,(H,28,31)/b10-8-,26-16+. The lowest BCUT2D eigenvalue weighted by Gasteiger charge is -2.12. The number of benzene rings is 3. The number of nitro groups is 1. The van der Waals surface area contributed by atoms with Crippen LogP contribution in [0.5, 0.6) is 0 Å². The van der Waals surface area contributed by atoms with Gasteiger partial charge in [-0.25, -0.2) is 10.4 Å². The van der Waals surface area contributed by atoms with Crippen molar-refractivity contribution in [3.05, 3.63) is 111 Å². The van der Waals surface area contributed by atoms with E-state index in [1.54, 1.807) is 54.6 Å². The molecule has 9 nitrogen and oxygen atoms in total. The maximum atomic E-state index is 13.2. The Morgan fingerprint density at radius 2 is 1.77 bits per heavy atom. The van der Waals surface area contributed by atoms with Crippen molar-refractivity contribution in [1.82, 2.24) is 15.0 Å². The van der Waals surface area contributed by atoms with Gasteiger partial charge in [-0.05, 0) is 42.5 Å². The summed E-state index contributed by atoms with van der Waals surface area (Å²) in [5, 5.41) is 15.8. The number of allylic oxidation sites excluding steroid dienone is 1. The molecule has 0 atom stereocenters. The first-order chi connectivity index (χ1) is 17.0. The lowest BCUT2D eigenvalue weighted by atomic mass is 10.2. The largest absolute Gasteiger partial charge is 0.276 e. The molecule has 1 N–H and O–H groups in total. The van der Waals surface area contributed by atoms with Crippen LogP contribution in [-0.2, 0) is 4.79 Å². The molecular formula is C25H19N5O4S. The normalized spacial score (nSPS) is 11.3. The second kappa shape index (κ2) is 11.0. The first-order valence-electron chi connectivity index (χ1n) is 10.5. The maximum Gasteiger partial charge on any atom is 0.276 e. The summed E-state index contributed by atoms with van der Waals surface area (Å²) in [4.78, 5) is 40.6. The van der Waals surface area contributed by atoms with E-state index in [9.17, 15) is 19.7 Å². The van der Waals surface area contributed by atoms with E-state index in [4.69, 9.17) is 0 Å². The Labute approximate surface area is 204 Å². The number of rotatable bonds is 8. The molecule has 0 bridgehead atoms. The van der Waals surface area contributed by atoms with Crippen LogP contribution in [0.25, 0.3) is 22.7 Å². The summed E-state index contributed by atoms with van der Waals surface area (Å²) < 4.78 is 1.49. The smallest absolute Gasteiger partial charge is 0.272 e. The molecule has 0 aliphatic heterocycles. The number of hydrogen-bond donors (Lipinski definition) is 1. The molecular weight excluding hydrogens is 466 g/mol. The molecule has 0 saturated heterocycles. The molecule has 0 fully saturated rings. The Bertz CT molecular complexity index is 1500. The molecule has 174 valence electrons. The van der Waals surface area contributed by atoms with Gasteiger partial charge in [0.2, 0.25) is 0 Å². The van der Waals surface area contributed by atoms with E-state index < -0.39 is 10.8 Å². The number of aromatic nitrogens is 2. The topological polar surface area (TPSA) is 119 Å². The third-order valence-corrected chi connectivity index (χ3v) is 5.79. The van der Waals surface area contributed by atoms with Crippen molar-refractivity contribution in [2.75, 3.05) is 5.75 Å². The second-order valence-electron chi connectivity index (χ2n) is 7.16. The zero-order valence-electron chi connectivity index (χ0n) is 18.3. The molecule has 35 heavy (non-hydrogen) atoms. The van der Waals surface area contributed by atoms with Crippen molar-refractivity contribution >= 4 is 46.5 Å². The van der Waals surface area contributed by atoms with Crippen molar-refractivity contribution in [2.24, 2.45) is 5.10 Å². The molecule has 0 aliphatic rings. The van der Waals surface area contributed by atoms with Gasteiger partial charge in [-0.1, -0.05) is 54.2 Å². The Balaban J connectivity index is 1.46. The summed E-state index contributed by atoms with van der Waals surface area (Å²) in [5.74, 6) is -0.421. The van der Waals surface area contributed by atoms with Crippen molar-refractivity contribution < 1.29 is 9.72 Å². The molecule has 1 amide bonds. The summed E-state index contributed by atoms with van der Waals surface area (Å²) in [5.41, 5.74) is 3.77. The van der Waals surface area contributed by atoms with Gasteiger partial charge in [0.1, 0.15) is 0 Å². The van der Waals surface area contributed by atoms with Crippen LogP contribution in [0.3, 0.4) is 0 Å². The number of para-hydroxylation sites is 3. The number of nitrogens with zero attached hydrogens (tertiary/aromatic N) is 4. The van der Waals surface area contributed by atoms with Gasteiger partial charge in [-0.3, -0.25) is 24.3 Å². The van der Waals surface area contributed by atoms with Crippen LogP contribution in [-0.4, -0.2) is 32.3 Å². The minimum absolute atomic E-state index is 0.0232. The van der Waals surface area contributed by atoms with E-state index >= 15 is 0 Å². The highest BCUT2D eigenvalue weighted by molar-refractivity contribution is 7.99. The highest BCUT2D eigenvalue weighted by atomic mass is 32.2. The van der Waals surface area contributed by atoms with Crippen molar-refractivity contribution in [1.29, 1.82) is 0 Å². The van der Waals surface area contributed by atoms with Gasteiger partial charge in [-0.2, -0.15) is 5.10 Å². The second-order valence-corrected chi connectivity index (χ2v) is 8.11. The number of amides is 1. The number of thioether (sulfide) groups is 1. The average Bonchev–Trinajstić information content (AvgIpc) is 2.88. The monoisotopic (exact) mass is 485 g/mol. The highest BCUT2D eigenvalue weighted by Crippen LogP contribution is 2.21. The van der Waals surface area contributed by atoms with Crippen molar-refractivity contribution in [3.63, 3.8) is 0 Å². The van der Waals surface area contributed by atoms with Gasteiger partial charge in [0.15, 0.2) is 5.16 Å². The van der Waals surface area contributed by atoms with E-state index in [0.29, 0.717) is 27.3 Å². The zero-order valence-corrected chi connectivity index (χ0v) is 19.1. The molecule has 0 spiro atoms. The van der Waals surface area contributed by atoms with Crippen LogP contribution in [0.4, 0.5) is 5.69 Å². The first-order valence-corrected chi connectivity index (χ1v) is 11.4. The van der Waals surface area contributed by atoms with Crippen molar-refractivity contribution in [3.8, 4) is 5.69 Å². The minimum Gasteiger partial charge on any atom is -0.272 e. The van der Waals surface area contributed by atoms with Crippen LogP contribution in [0, 0.1) is 10.1 Å². The molecule has 1 aromatic heterocycles. The molecule has 4 rings (SSSR count). The SMILES string of the molecule is O=C(CSc1nc2ccccc2c(=O)n1-c1ccccc1)N/N=C/C=C\c1ccccc1[N+](=O)[O-]. The first kappa shape index (κ1) is 23.6. The summed E-state index contributed by atoms with van der Waals surface area (Å²) in [6.07, 6.45) is 4.35. The van der Waals surface area contributed by atoms with Crippen molar-refractivity contribution in [2.45, 2.75) is 5.16 Å². The zero-order chi connectivity index (χ0) is 24.6. The average molecular weight is 486 g/mol. The lowest BCUT2D eigenvalue weighted by Crippen LogP contribution is -2.24. The predicted octanol–water partition coefficient (Wildman–Crippen LogP) is 4.20. The van der Waals surface area contributed by atoms with Gasteiger partial charge in [0.25, 0.3) is 17.2 Å².